The number of hydrogen-bond acceptors (Lipinski definition) is 8. The summed E-state index contributed by atoms with van der Waals surface area (Å²) in [5.41, 5.74) is 6.82. The highest BCUT2D eigenvalue weighted by molar-refractivity contribution is 7.19. The van der Waals surface area contributed by atoms with E-state index < -0.39 is 0 Å². The van der Waals surface area contributed by atoms with E-state index in [0.717, 1.165) is 75.1 Å². The number of thiophene rings is 1. The zero-order chi connectivity index (χ0) is 19.3. The van der Waals surface area contributed by atoms with E-state index in [1.807, 2.05) is 0 Å². The van der Waals surface area contributed by atoms with Crippen LogP contribution in [-0.4, -0.2) is 72.3 Å². The van der Waals surface area contributed by atoms with Crippen molar-refractivity contribution in [1.82, 2.24) is 19.8 Å². The Morgan fingerprint density at radius 1 is 1.21 bits per heavy atom. The summed E-state index contributed by atoms with van der Waals surface area (Å²) in [6.07, 6.45) is 0. The lowest BCUT2D eigenvalue weighted by molar-refractivity contribution is 0.122. The normalized spacial score (nSPS) is 25.6. The highest BCUT2D eigenvalue weighted by Gasteiger charge is 2.40. The number of nitrogens with zero attached hydrogens (tertiary/aromatic N) is 5. The Balaban J connectivity index is 1.33. The number of likely N-dealkylation sites (tertiary alicyclic amines) is 2. The summed E-state index contributed by atoms with van der Waals surface area (Å²) in [5.74, 6) is 3.03. The summed E-state index contributed by atoms with van der Waals surface area (Å²) in [5, 5.41) is 0.316. The zero-order valence-corrected chi connectivity index (χ0v) is 17.4. The molecule has 0 radical (unpaired) electrons. The van der Waals surface area contributed by atoms with Crippen LogP contribution >= 0.6 is 22.9 Å². The topological polar surface area (TPSA) is 70.8 Å². The van der Waals surface area contributed by atoms with Crippen LogP contribution in [0.2, 0.25) is 5.28 Å². The van der Waals surface area contributed by atoms with Crippen LogP contribution in [0, 0.1) is 11.8 Å². The van der Waals surface area contributed by atoms with Crippen molar-refractivity contribution in [3.8, 4) is 0 Å². The minimum absolute atomic E-state index is 0.316. The molecule has 2 aromatic heterocycles. The Kier molecular flexibility index (Phi) is 4.82. The van der Waals surface area contributed by atoms with E-state index in [1.54, 1.807) is 11.3 Å². The van der Waals surface area contributed by atoms with E-state index in [9.17, 15) is 0 Å². The maximum atomic E-state index is 6.22. The monoisotopic (exact) mass is 420 g/mol. The van der Waals surface area contributed by atoms with Gasteiger partial charge in [-0.05, 0) is 29.5 Å². The van der Waals surface area contributed by atoms with Crippen molar-refractivity contribution in [3.05, 3.63) is 28.6 Å². The van der Waals surface area contributed by atoms with Gasteiger partial charge in [-0.2, -0.15) is 4.98 Å². The molecule has 3 saturated heterocycles. The van der Waals surface area contributed by atoms with Crippen molar-refractivity contribution in [2.45, 2.75) is 6.54 Å². The minimum atomic E-state index is 0.316. The summed E-state index contributed by atoms with van der Waals surface area (Å²) in [4.78, 5) is 17.4. The van der Waals surface area contributed by atoms with Gasteiger partial charge in [0.2, 0.25) is 5.28 Å². The average molecular weight is 421 g/mol. The lowest BCUT2D eigenvalue weighted by Gasteiger charge is -2.28. The molecule has 0 amide bonds. The molecule has 3 aliphatic rings. The lowest BCUT2D eigenvalue weighted by Crippen LogP contribution is -2.36. The average Bonchev–Trinajstić information content (AvgIpc) is 3.34. The minimum Gasteiger partial charge on any atom is -0.386 e. The van der Waals surface area contributed by atoms with Crippen LogP contribution in [-0.2, 0) is 11.3 Å². The Morgan fingerprint density at radius 3 is 2.61 bits per heavy atom. The molecule has 2 N–H and O–H groups in total. The van der Waals surface area contributed by atoms with Gasteiger partial charge in [0.1, 0.15) is 0 Å². The molecule has 9 heteroatoms. The molecule has 3 aliphatic heterocycles. The number of fused-ring (bicyclic) bond motifs is 2. The van der Waals surface area contributed by atoms with Crippen LogP contribution in [0.1, 0.15) is 4.88 Å². The van der Waals surface area contributed by atoms with E-state index in [1.165, 1.54) is 4.88 Å². The molecular weight excluding hydrogens is 396 g/mol. The van der Waals surface area contributed by atoms with Gasteiger partial charge in [0.25, 0.3) is 0 Å². The van der Waals surface area contributed by atoms with E-state index in [4.69, 9.17) is 22.1 Å². The number of morpholine rings is 1. The maximum absolute atomic E-state index is 6.22. The number of halogens is 1. The molecule has 2 unspecified atom stereocenters. The molecule has 150 valence electrons. The summed E-state index contributed by atoms with van der Waals surface area (Å²) < 4.78 is 6.61. The Hall–Kier alpha value is -1.61. The van der Waals surface area contributed by atoms with Gasteiger partial charge in [-0.1, -0.05) is 6.58 Å². The SMILES string of the molecule is C=C(N)N1CC2CN(Cc3cc4nc(Cl)nc(N5CCOCC5)c4s3)CC2C1. The molecule has 5 rings (SSSR count). The van der Waals surface area contributed by atoms with E-state index in [0.29, 0.717) is 22.9 Å². The molecule has 0 aliphatic carbocycles. The summed E-state index contributed by atoms with van der Waals surface area (Å²) in [7, 11) is 0. The highest BCUT2D eigenvalue weighted by Crippen LogP contribution is 2.36. The molecular formula is C19H25ClN6OS. The Morgan fingerprint density at radius 2 is 1.93 bits per heavy atom. The fraction of sp³-hybridized carbons (Fsp3) is 0.579. The number of anilines is 1. The van der Waals surface area contributed by atoms with Gasteiger partial charge < -0.3 is 20.3 Å². The summed E-state index contributed by atoms with van der Waals surface area (Å²) in [6.45, 7) is 12.3. The fourth-order valence-corrected chi connectivity index (χ4v) is 6.00. The van der Waals surface area contributed by atoms with Crippen LogP contribution in [0.25, 0.3) is 10.2 Å². The third kappa shape index (κ3) is 3.43. The molecule has 0 aromatic carbocycles. The second-order valence-electron chi connectivity index (χ2n) is 7.95. The van der Waals surface area contributed by atoms with Crippen molar-refractivity contribution >= 4 is 39.0 Å². The van der Waals surface area contributed by atoms with E-state index in [2.05, 4.69) is 37.3 Å². The Labute approximate surface area is 173 Å². The van der Waals surface area contributed by atoms with Gasteiger partial charge in [-0.25, -0.2) is 4.98 Å². The number of aromatic nitrogens is 2. The maximum Gasteiger partial charge on any atom is 0.224 e. The van der Waals surface area contributed by atoms with Gasteiger partial charge >= 0.3 is 0 Å². The predicted octanol–water partition coefficient (Wildman–Crippen LogP) is 1.97. The third-order valence-electron chi connectivity index (χ3n) is 6.04. The first-order valence-electron chi connectivity index (χ1n) is 9.77. The van der Waals surface area contributed by atoms with Crippen molar-refractivity contribution in [1.29, 1.82) is 0 Å². The molecule has 2 aromatic rings. The smallest absolute Gasteiger partial charge is 0.224 e. The van der Waals surface area contributed by atoms with Gasteiger partial charge in [-0.3, -0.25) is 4.90 Å². The molecule has 3 fully saturated rings. The number of hydrogen-bond donors (Lipinski definition) is 1. The first kappa shape index (κ1) is 18.4. The van der Waals surface area contributed by atoms with Crippen molar-refractivity contribution in [2.24, 2.45) is 17.6 Å². The van der Waals surface area contributed by atoms with Crippen LogP contribution in [0.3, 0.4) is 0 Å². The van der Waals surface area contributed by atoms with Gasteiger partial charge in [0.15, 0.2) is 5.82 Å². The number of ether oxygens (including phenoxy) is 1. The van der Waals surface area contributed by atoms with Gasteiger partial charge in [0, 0.05) is 50.7 Å². The Bertz CT molecular complexity index is 884. The number of nitrogens with two attached hydrogens (primary N) is 1. The van der Waals surface area contributed by atoms with Crippen LogP contribution in [0.15, 0.2) is 18.5 Å². The van der Waals surface area contributed by atoms with Gasteiger partial charge in [0.05, 0.1) is 29.3 Å². The highest BCUT2D eigenvalue weighted by atomic mass is 35.5. The fourth-order valence-electron chi connectivity index (χ4n) is 4.68. The standard InChI is InChI=1S/C19H25ClN6OS/c1-12(21)26-9-13-7-24(8-14(13)10-26)11-15-6-16-17(28-15)18(23-19(20)22-16)25-2-4-27-5-3-25/h6,13-14H,1-5,7-11,21H2. The molecule has 28 heavy (non-hydrogen) atoms. The second kappa shape index (κ2) is 7.33. The third-order valence-corrected chi connectivity index (χ3v) is 7.31. The van der Waals surface area contributed by atoms with E-state index >= 15 is 0 Å². The number of rotatable bonds is 4. The van der Waals surface area contributed by atoms with Crippen molar-refractivity contribution in [3.63, 3.8) is 0 Å². The molecule has 0 saturated carbocycles. The van der Waals surface area contributed by atoms with Crippen LogP contribution in [0.4, 0.5) is 5.82 Å². The largest absolute Gasteiger partial charge is 0.386 e. The first-order valence-corrected chi connectivity index (χ1v) is 11.0. The summed E-state index contributed by atoms with van der Waals surface area (Å²) >= 11 is 8.01. The van der Waals surface area contributed by atoms with Crippen LogP contribution < -0.4 is 10.6 Å². The molecule has 7 nitrogen and oxygen atoms in total. The van der Waals surface area contributed by atoms with Crippen molar-refractivity contribution in [2.75, 3.05) is 57.4 Å². The molecule has 0 bridgehead atoms. The van der Waals surface area contributed by atoms with Crippen LogP contribution in [0.5, 0.6) is 0 Å². The van der Waals surface area contributed by atoms with E-state index in [-0.39, 0.29) is 0 Å². The molecule has 5 heterocycles. The molecule has 2 atom stereocenters. The zero-order valence-electron chi connectivity index (χ0n) is 15.8. The first-order chi connectivity index (χ1) is 13.6. The van der Waals surface area contributed by atoms with Crippen molar-refractivity contribution < 1.29 is 4.74 Å². The predicted molar refractivity (Wildman–Crippen MR) is 113 cm³/mol. The quantitative estimate of drug-likeness (QED) is 0.758. The lowest BCUT2D eigenvalue weighted by atomic mass is 10.0. The molecule has 0 spiro atoms. The summed E-state index contributed by atoms with van der Waals surface area (Å²) in [6, 6.07) is 2.18. The second-order valence-corrected chi connectivity index (χ2v) is 9.43. The van der Waals surface area contributed by atoms with Gasteiger partial charge in [-0.15, -0.1) is 11.3 Å².